The van der Waals surface area contributed by atoms with Gasteiger partial charge in [-0.3, -0.25) is 4.79 Å². The highest BCUT2D eigenvalue weighted by Gasteiger charge is 2.43. The van der Waals surface area contributed by atoms with E-state index in [1.54, 1.807) is 26.0 Å². The number of carbonyl (C=O) groups excluding carboxylic acids is 2. The van der Waals surface area contributed by atoms with E-state index in [4.69, 9.17) is 4.74 Å². The standard InChI is InChI=1S/C22H26FNO3/c1-12(2)27-21(26)18-13(3)24-16-10-22(4,5)11-17(25)20(16)19(18)14-6-8-15(23)9-7-14/h6-9,12,19,24H,10-11H2,1-5H3/t19-/m1/s1. The lowest BCUT2D eigenvalue weighted by molar-refractivity contribution is -0.143. The smallest absolute Gasteiger partial charge is 0.337 e. The fourth-order valence-corrected chi connectivity index (χ4v) is 3.97. The average Bonchev–Trinajstić information content (AvgIpc) is 2.52. The molecule has 1 aliphatic heterocycles. The van der Waals surface area contributed by atoms with Gasteiger partial charge in [0.25, 0.3) is 0 Å². The number of hydrogen-bond donors (Lipinski definition) is 1. The number of hydrogen-bond acceptors (Lipinski definition) is 4. The number of rotatable bonds is 3. The predicted octanol–water partition coefficient (Wildman–Crippen LogP) is 4.38. The largest absolute Gasteiger partial charge is 0.460 e. The van der Waals surface area contributed by atoms with Gasteiger partial charge in [0.05, 0.1) is 11.7 Å². The van der Waals surface area contributed by atoms with Gasteiger partial charge in [-0.05, 0) is 50.3 Å². The zero-order chi connectivity index (χ0) is 19.9. The molecule has 1 atom stereocenters. The van der Waals surface area contributed by atoms with Crippen molar-refractivity contribution >= 4 is 11.8 Å². The second kappa shape index (κ2) is 6.95. The van der Waals surface area contributed by atoms with Gasteiger partial charge in [0.15, 0.2) is 5.78 Å². The normalized spacial score (nSPS) is 21.9. The fraction of sp³-hybridized carbons (Fsp3) is 0.455. The number of Topliss-reactive ketones (excluding diaryl/α,β-unsaturated/α-hetero) is 1. The van der Waals surface area contributed by atoms with Crippen LogP contribution in [0.1, 0.15) is 58.9 Å². The molecule has 0 aromatic heterocycles. The lowest BCUT2D eigenvalue weighted by Crippen LogP contribution is -2.39. The highest BCUT2D eigenvalue weighted by molar-refractivity contribution is 6.04. The first-order valence-corrected chi connectivity index (χ1v) is 9.29. The molecule has 0 saturated carbocycles. The molecule has 0 saturated heterocycles. The van der Waals surface area contributed by atoms with Gasteiger partial charge >= 0.3 is 5.97 Å². The summed E-state index contributed by atoms with van der Waals surface area (Å²) in [6.45, 7) is 9.52. The third kappa shape index (κ3) is 3.82. The minimum Gasteiger partial charge on any atom is -0.460 e. The molecule has 0 unspecified atom stereocenters. The number of halogens is 1. The van der Waals surface area contributed by atoms with E-state index in [0.29, 0.717) is 28.8 Å². The zero-order valence-electron chi connectivity index (χ0n) is 16.5. The summed E-state index contributed by atoms with van der Waals surface area (Å²) in [7, 11) is 0. The molecule has 144 valence electrons. The number of ether oxygens (including phenoxy) is 1. The lowest BCUT2D eigenvalue weighted by atomic mass is 9.68. The first-order valence-electron chi connectivity index (χ1n) is 9.29. The van der Waals surface area contributed by atoms with Crippen LogP contribution in [0, 0.1) is 11.2 Å². The van der Waals surface area contributed by atoms with E-state index in [9.17, 15) is 14.0 Å². The van der Waals surface area contributed by atoms with Gasteiger partial charge in [0, 0.05) is 29.3 Å². The summed E-state index contributed by atoms with van der Waals surface area (Å²) in [5, 5.41) is 3.28. The van der Waals surface area contributed by atoms with Crippen molar-refractivity contribution in [3.8, 4) is 0 Å². The SMILES string of the molecule is CC1=C(C(=O)OC(C)C)[C@@H](c2ccc(F)cc2)C2=C(CC(C)(C)CC2=O)N1. The number of ketones is 1. The van der Waals surface area contributed by atoms with E-state index < -0.39 is 11.9 Å². The maximum absolute atomic E-state index is 13.5. The van der Waals surface area contributed by atoms with E-state index >= 15 is 0 Å². The van der Waals surface area contributed by atoms with Gasteiger partial charge < -0.3 is 10.1 Å². The molecule has 3 rings (SSSR count). The molecule has 0 spiro atoms. The highest BCUT2D eigenvalue weighted by Crippen LogP contribution is 2.46. The summed E-state index contributed by atoms with van der Waals surface area (Å²) >= 11 is 0. The van der Waals surface area contributed by atoms with Crippen molar-refractivity contribution in [2.24, 2.45) is 5.41 Å². The van der Waals surface area contributed by atoms with Crippen molar-refractivity contribution in [2.75, 3.05) is 0 Å². The maximum atomic E-state index is 13.5. The molecule has 0 fully saturated rings. The molecule has 1 N–H and O–H groups in total. The van der Waals surface area contributed by atoms with E-state index in [-0.39, 0.29) is 23.1 Å². The van der Waals surface area contributed by atoms with Crippen LogP contribution in [0.4, 0.5) is 4.39 Å². The van der Waals surface area contributed by atoms with Crippen molar-refractivity contribution in [3.05, 3.63) is 58.2 Å². The molecule has 1 heterocycles. The Morgan fingerprint density at radius 1 is 1.22 bits per heavy atom. The lowest BCUT2D eigenvalue weighted by Gasteiger charge is -2.39. The van der Waals surface area contributed by atoms with E-state index in [1.165, 1.54) is 12.1 Å². The molecule has 2 aliphatic rings. The molecule has 1 aromatic carbocycles. The molecule has 4 nitrogen and oxygen atoms in total. The summed E-state index contributed by atoms with van der Waals surface area (Å²) in [6.07, 6.45) is 0.856. The van der Waals surface area contributed by atoms with Crippen LogP contribution >= 0.6 is 0 Å². The Bertz CT molecular complexity index is 847. The topological polar surface area (TPSA) is 55.4 Å². The van der Waals surface area contributed by atoms with E-state index in [1.807, 2.05) is 6.92 Å². The molecule has 1 aliphatic carbocycles. The quantitative estimate of drug-likeness (QED) is 0.801. The minimum absolute atomic E-state index is 0.0189. The van der Waals surface area contributed by atoms with Gasteiger partial charge in [0.2, 0.25) is 0 Å². The van der Waals surface area contributed by atoms with Crippen LogP contribution in [-0.4, -0.2) is 17.9 Å². The average molecular weight is 371 g/mol. The van der Waals surface area contributed by atoms with Crippen LogP contribution in [0.2, 0.25) is 0 Å². The second-order valence-electron chi connectivity index (χ2n) is 8.44. The van der Waals surface area contributed by atoms with Gasteiger partial charge in [0.1, 0.15) is 5.82 Å². The Balaban J connectivity index is 2.15. The Hall–Kier alpha value is -2.43. The highest BCUT2D eigenvalue weighted by atomic mass is 19.1. The number of nitrogens with one attached hydrogen (secondary N) is 1. The number of dihydropyridines is 1. The molecular weight excluding hydrogens is 345 g/mol. The van der Waals surface area contributed by atoms with Crippen LogP contribution < -0.4 is 5.32 Å². The Morgan fingerprint density at radius 2 is 1.85 bits per heavy atom. The van der Waals surface area contributed by atoms with Crippen LogP contribution in [-0.2, 0) is 14.3 Å². The van der Waals surface area contributed by atoms with Crippen LogP contribution in [0.15, 0.2) is 46.8 Å². The summed E-state index contributed by atoms with van der Waals surface area (Å²) < 4.78 is 18.9. The predicted molar refractivity (Wildman–Crippen MR) is 101 cm³/mol. The first kappa shape index (κ1) is 19.3. The summed E-state index contributed by atoms with van der Waals surface area (Å²) in [5.41, 5.74) is 3.12. The third-order valence-corrected chi connectivity index (χ3v) is 5.01. The summed E-state index contributed by atoms with van der Waals surface area (Å²) in [6, 6.07) is 5.99. The van der Waals surface area contributed by atoms with E-state index in [2.05, 4.69) is 19.2 Å². The molecule has 0 amide bonds. The van der Waals surface area contributed by atoms with Gasteiger partial charge in [-0.1, -0.05) is 26.0 Å². The zero-order valence-corrected chi connectivity index (χ0v) is 16.5. The summed E-state index contributed by atoms with van der Waals surface area (Å²) in [4.78, 5) is 25.9. The van der Waals surface area contributed by atoms with Gasteiger partial charge in [-0.25, -0.2) is 9.18 Å². The fourth-order valence-electron chi connectivity index (χ4n) is 3.97. The number of esters is 1. The van der Waals surface area contributed by atoms with Crippen LogP contribution in [0.5, 0.6) is 0 Å². The maximum Gasteiger partial charge on any atom is 0.337 e. The van der Waals surface area contributed by atoms with Crippen molar-refractivity contribution in [2.45, 2.75) is 59.5 Å². The Kier molecular flexibility index (Phi) is 4.98. The molecule has 1 aromatic rings. The number of benzene rings is 1. The monoisotopic (exact) mass is 371 g/mol. The molecule has 0 radical (unpaired) electrons. The van der Waals surface area contributed by atoms with Crippen molar-refractivity contribution in [1.29, 1.82) is 0 Å². The molecule has 0 bridgehead atoms. The summed E-state index contributed by atoms with van der Waals surface area (Å²) in [5.74, 6) is -1.33. The molecule has 27 heavy (non-hydrogen) atoms. The van der Waals surface area contributed by atoms with Crippen molar-refractivity contribution in [1.82, 2.24) is 5.32 Å². The third-order valence-electron chi connectivity index (χ3n) is 5.01. The van der Waals surface area contributed by atoms with Crippen LogP contribution in [0.3, 0.4) is 0 Å². The number of allylic oxidation sites excluding steroid dienone is 3. The molecular formula is C22H26FNO3. The minimum atomic E-state index is -0.545. The Morgan fingerprint density at radius 3 is 2.44 bits per heavy atom. The van der Waals surface area contributed by atoms with Gasteiger partial charge in [-0.2, -0.15) is 0 Å². The second-order valence-corrected chi connectivity index (χ2v) is 8.44. The molecule has 5 heteroatoms. The van der Waals surface area contributed by atoms with Crippen LogP contribution in [0.25, 0.3) is 0 Å². The van der Waals surface area contributed by atoms with Crippen molar-refractivity contribution in [3.63, 3.8) is 0 Å². The first-order chi connectivity index (χ1) is 12.6. The Labute approximate surface area is 159 Å². The van der Waals surface area contributed by atoms with Crippen molar-refractivity contribution < 1.29 is 18.7 Å². The number of carbonyl (C=O) groups is 2. The van der Waals surface area contributed by atoms with E-state index in [0.717, 1.165) is 12.1 Å². The van der Waals surface area contributed by atoms with Gasteiger partial charge in [-0.15, -0.1) is 0 Å².